The van der Waals surface area contributed by atoms with Crippen molar-refractivity contribution >= 4 is 16.9 Å². The molecule has 3 rings (SSSR count). The van der Waals surface area contributed by atoms with Crippen LogP contribution < -0.4 is 9.47 Å². The predicted molar refractivity (Wildman–Crippen MR) is 74.1 cm³/mol. The SMILES string of the molecule is CCCC(=O)Oc1c[nH]c2cccc(OCC3CO3)c12. The Morgan fingerprint density at radius 3 is 3.05 bits per heavy atom. The maximum atomic E-state index is 11.6. The highest BCUT2D eigenvalue weighted by Crippen LogP contribution is 2.34. The normalized spacial score (nSPS) is 17.1. The summed E-state index contributed by atoms with van der Waals surface area (Å²) in [4.78, 5) is 14.7. The zero-order chi connectivity index (χ0) is 13.9. The highest BCUT2D eigenvalue weighted by atomic mass is 16.6. The number of aromatic amines is 1. The lowest BCUT2D eigenvalue weighted by atomic mass is 10.2. The lowest BCUT2D eigenvalue weighted by molar-refractivity contribution is -0.134. The molecule has 1 aromatic carbocycles. The Labute approximate surface area is 116 Å². The van der Waals surface area contributed by atoms with Crippen molar-refractivity contribution in [3.05, 3.63) is 24.4 Å². The minimum absolute atomic E-state index is 0.190. The van der Waals surface area contributed by atoms with Gasteiger partial charge in [-0.25, -0.2) is 0 Å². The van der Waals surface area contributed by atoms with E-state index >= 15 is 0 Å². The summed E-state index contributed by atoms with van der Waals surface area (Å²) in [5.41, 5.74) is 0.888. The summed E-state index contributed by atoms with van der Waals surface area (Å²) in [5, 5.41) is 0.803. The van der Waals surface area contributed by atoms with E-state index in [4.69, 9.17) is 14.2 Å². The number of fused-ring (bicyclic) bond motifs is 1. The van der Waals surface area contributed by atoms with Crippen molar-refractivity contribution in [3.63, 3.8) is 0 Å². The minimum Gasteiger partial charge on any atom is -0.490 e. The Balaban J connectivity index is 1.85. The van der Waals surface area contributed by atoms with Crippen LogP contribution in [0.25, 0.3) is 10.9 Å². The number of aromatic nitrogens is 1. The number of nitrogens with one attached hydrogen (secondary N) is 1. The van der Waals surface area contributed by atoms with Gasteiger partial charge in [0, 0.05) is 12.6 Å². The van der Waals surface area contributed by atoms with Gasteiger partial charge in [-0.1, -0.05) is 13.0 Å². The third kappa shape index (κ3) is 2.77. The second-order valence-electron chi connectivity index (χ2n) is 4.82. The third-order valence-corrected chi connectivity index (χ3v) is 3.14. The van der Waals surface area contributed by atoms with Gasteiger partial charge in [-0.2, -0.15) is 0 Å². The second-order valence-corrected chi connectivity index (χ2v) is 4.82. The van der Waals surface area contributed by atoms with Crippen LogP contribution in [0.4, 0.5) is 0 Å². The van der Waals surface area contributed by atoms with E-state index in [1.54, 1.807) is 6.20 Å². The van der Waals surface area contributed by atoms with Crippen LogP contribution in [0.3, 0.4) is 0 Å². The van der Waals surface area contributed by atoms with E-state index in [9.17, 15) is 4.79 Å². The molecule has 1 aliphatic heterocycles. The number of carbonyl (C=O) groups excluding carboxylic acids is 1. The number of ether oxygens (including phenoxy) is 3. The van der Waals surface area contributed by atoms with Gasteiger partial charge in [0.15, 0.2) is 5.75 Å². The standard InChI is InChI=1S/C15H17NO4/c1-2-4-14(17)20-13-7-16-11-5-3-6-12(15(11)13)19-9-10-8-18-10/h3,5-7,10,16H,2,4,8-9H2,1H3. The molecule has 1 aliphatic rings. The number of benzene rings is 1. The molecule has 20 heavy (non-hydrogen) atoms. The smallest absolute Gasteiger partial charge is 0.311 e. The van der Waals surface area contributed by atoms with Gasteiger partial charge in [0.2, 0.25) is 0 Å². The van der Waals surface area contributed by atoms with Crippen LogP contribution in [0.2, 0.25) is 0 Å². The Kier molecular flexibility index (Phi) is 3.60. The number of hydrogen-bond donors (Lipinski definition) is 1. The first kappa shape index (κ1) is 13.0. The third-order valence-electron chi connectivity index (χ3n) is 3.14. The number of carbonyl (C=O) groups is 1. The van der Waals surface area contributed by atoms with Crippen molar-refractivity contribution in [2.75, 3.05) is 13.2 Å². The predicted octanol–water partition coefficient (Wildman–Crippen LogP) is 2.65. The molecule has 1 atom stereocenters. The molecule has 5 nitrogen and oxygen atoms in total. The van der Waals surface area contributed by atoms with E-state index in [1.807, 2.05) is 25.1 Å². The van der Waals surface area contributed by atoms with Gasteiger partial charge in [0.05, 0.1) is 17.5 Å². The first-order valence-electron chi connectivity index (χ1n) is 6.83. The zero-order valence-corrected chi connectivity index (χ0v) is 11.3. The quantitative estimate of drug-likeness (QED) is 0.650. The van der Waals surface area contributed by atoms with Gasteiger partial charge in [-0.05, 0) is 18.6 Å². The van der Waals surface area contributed by atoms with Crippen molar-refractivity contribution in [2.24, 2.45) is 0 Å². The van der Waals surface area contributed by atoms with Crippen molar-refractivity contribution in [2.45, 2.75) is 25.9 Å². The summed E-state index contributed by atoms with van der Waals surface area (Å²) in [7, 11) is 0. The van der Waals surface area contributed by atoms with Crippen LogP contribution in [-0.2, 0) is 9.53 Å². The highest BCUT2D eigenvalue weighted by molar-refractivity contribution is 5.93. The highest BCUT2D eigenvalue weighted by Gasteiger charge is 2.24. The number of H-pyrrole nitrogens is 1. The molecule has 106 valence electrons. The molecular weight excluding hydrogens is 258 g/mol. The van der Waals surface area contributed by atoms with Crippen LogP contribution in [0, 0.1) is 0 Å². The molecule has 0 bridgehead atoms. The first-order valence-corrected chi connectivity index (χ1v) is 6.83. The van der Waals surface area contributed by atoms with Crippen molar-refractivity contribution < 1.29 is 19.0 Å². The summed E-state index contributed by atoms with van der Waals surface area (Å²) in [6, 6.07) is 5.70. The largest absolute Gasteiger partial charge is 0.490 e. The van der Waals surface area contributed by atoms with E-state index in [0.717, 1.165) is 23.9 Å². The van der Waals surface area contributed by atoms with Gasteiger partial charge in [-0.3, -0.25) is 4.79 Å². The second kappa shape index (κ2) is 5.54. The van der Waals surface area contributed by atoms with E-state index in [0.29, 0.717) is 24.5 Å². The molecule has 1 unspecified atom stereocenters. The average Bonchev–Trinajstić information content (AvgIpc) is 3.18. The minimum atomic E-state index is -0.228. The molecule has 0 spiro atoms. The van der Waals surface area contributed by atoms with Gasteiger partial charge >= 0.3 is 5.97 Å². The van der Waals surface area contributed by atoms with Gasteiger partial charge in [-0.15, -0.1) is 0 Å². The van der Waals surface area contributed by atoms with E-state index in [-0.39, 0.29) is 12.1 Å². The van der Waals surface area contributed by atoms with Gasteiger partial charge in [0.1, 0.15) is 18.5 Å². The fourth-order valence-electron chi connectivity index (χ4n) is 2.05. The number of rotatable bonds is 6. The molecule has 0 saturated carbocycles. The topological polar surface area (TPSA) is 63.9 Å². The molecule has 1 aromatic heterocycles. The maximum Gasteiger partial charge on any atom is 0.311 e. The number of epoxide rings is 1. The molecule has 2 heterocycles. The van der Waals surface area contributed by atoms with Crippen molar-refractivity contribution in [1.82, 2.24) is 4.98 Å². The van der Waals surface area contributed by atoms with E-state index < -0.39 is 0 Å². The fraction of sp³-hybridized carbons (Fsp3) is 0.400. The zero-order valence-electron chi connectivity index (χ0n) is 11.3. The molecule has 1 saturated heterocycles. The Morgan fingerprint density at radius 1 is 1.45 bits per heavy atom. The number of hydrogen-bond acceptors (Lipinski definition) is 4. The summed E-state index contributed by atoms with van der Waals surface area (Å²) < 4.78 is 16.3. The molecule has 1 fully saturated rings. The number of esters is 1. The molecular formula is C15H17NO4. The fourth-order valence-corrected chi connectivity index (χ4v) is 2.05. The Hall–Kier alpha value is -2.01. The van der Waals surface area contributed by atoms with E-state index in [2.05, 4.69) is 4.98 Å². The summed E-state index contributed by atoms with van der Waals surface area (Å²) >= 11 is 0. The molecule has 1 N–H and O–H groups in total. The van der Waals surface area contributed by atoms with Crippen LogP contribution in [-0.4, -0.2) is 30.3 Å². The van der Waals surface area contributed by atoms with Gasteiger partial charge in [0.25, 0.3) is 0 Å². The van der Waals surface area contributed by atoms with Crippen LogP contribution >= 0.6 is 0 Å². The van der Waals surface area contributed by atoms with Crippen LogP contribution in [0.1, 0.15) is 19.8 Å². The molecule has 5 heteroatoms. The maximum absolute atomic E-state index is 11.6. The summed E-state index contributed by atoms with van der Waals surface area (Å²) in [6.07, 6.45) is 3.06. The Bertz CT molecular complexity index is 615. The molecule has 2 aromatic rings. The average molecular weight is 275 g/mol. The van der Waals surface area contributed by atoms with E-state index in [1.165, 1.54) is 0 Å². The van der Waals surface area contributed by atoms with Gasteiger partial charge < -0.3 is 19.2 Å². The summed E-state index contributed by atoms with van der Waals surface area (Å²) in [6.45, 7) is 3.22. The lowest BCUT2D eigenvalue weighted by Crippen LogP contribution is -2.07. The van der Waals surface area contributed by atoms with Crippen molar-refractivity contribution in [3.8, 4) is 11.5 Å². The van der Waals surface area contributed by atoms with Crippen LogP contribution in [0.15, 0.2) is 24.4 Å². The first-order chi connectivity index (χ1) is 9.78. The molecule has 0 aliphatic carbocycles. The van der Waals surface area contributed by atoms with Crippen molar-refractivity contribution in [1.29, 1.82) is 0 Å². The summed E-state index contributed by atoms with van der Waals surface area (Å²) in [5.74, 6) is 0.998. The van der Waals surface area contributed by atoms with Crippen LogP contribution in [0.5, 0.6) is 11.5 Å². The molecule has 0 radical (unpaired) electrons. The molecule has 0 amide bonds. The monoisotopic (exact) mass is 275 g/mol. The lowest BCUT2D eigenvalue weighted by Gasteiger charge is -2.08. The Morgan fingerprint density at radius 2 is 2.30 bits per heavy atom.